The molecule has 0 aliphatic carbocycles. The number of amides is 3. The van der Waals surface area contributed by atoms with E-state index in [0.717, 1.165) is 11.0 Å². The normalized spacial score (nSPS) is 20.8. The molecule has 0 spiro atoms. The third-order valence-electron chi connectivity index (χ3n) is 5.73. The van der Waals surface area contributed by atoms with Gasteiger partial charge in [0, 0.05) is 24.7 Å². The molecule has 176 valence electrons. The molecule has 0 unspecified atom stereocenters. The van der Waals surface area contributed by atoms with Crippen molar-refractivity contribution in [2.45, 2.75) is 31.5 Å². The fraction of sp³-hybridized carbons (Fsp3) is 0.364. The van der Waals surface area contributed by atoms with E-state index in [0.29, 0.717) is 6.42 Å². The van der Waals surface area contributed by atoms with Gasteiger partial charge in [-0.25, -0.2) is 22.4 Å². The van der Waals surface area contributed by atoms with Gasteiger partial charge in [0.05, 0.1) is 17.1 Å². The molecule has 0 saturated carbocycles. The smallest absolute Gasteiger partial charge is 0.319 e. The van der Waals surface area contributed by atoms with Crippen LogP contribution in [0.25, 0.3) is 0 Å². The van der Waals surface area contributed by atoms with Gasteiger partial charge in [-0.05, 0) is 49.6 Å². The van der Waals surface area contributed by atoms with Crippen LogP contribution in [-0.2, 0) is 4.79 Å². The first kappa shape index (κ1) is 23.2. The molecule has 2 heterocycles. The largest absolute Gasteiger partial charge is 0.366 e. The maximum Gasteiger partial charge on any atom is 0.319 e. The molecule has 2 saturated heterocycles. The fourth-order valence-electron chi connectivity index (χ4n) is 4.07. The summed E-state index contributed by atoms with van der Waals surface area (Å²) in [6.07, 6.45) is -0.164. The number of urea groups is 1. The van der Waals surface area contributed by atoms with E-state index in [9.17, 15) is 27.2 Å². The lowest BCUT2D eigenvalue weighted by Gasteiger charge is -2.33. The molecular weight excluding hydrogens is 464 g/mol. The number of carbonyl (C=O) groups is 2. The highest BCUT2D eigenvalue weighted by Crippen LogP contribution is 2.33. The number of benzene rings is 2. The highest BCUT2D eigenvalue weighted by Gasteiger charge is 2.34. The first-order valence-corrected chi connectivity index (χ1v) is 10.8. The molecule has 3 amide bonds. The van der Waals surface area contributed by atoms with Crippen LogP contribution >= 0.6 is 11.6 Å². The van der Waals surface area contributed by atoms with Crippen molar-refractivity contribution in [3.05, 3.63) is 52.8 Å². The molecule has 4 rings (SSSR count). The summed E-state index contributed by atoms with van der Waals surface area (Å²) in [6, 6.07) is 4.47. The minimum atomic E-state index is -1.21. The number of anilines is 3. The molecule has 0 bridgehead atoms. The summed E-state index contributed by atoms with van der Waals surface area (Å²) in [5, 5.41) is 4.90. The van der Waals surface area contributed by atoms with E-state index < -0.39 is 41.6 Å². The SMILES string of the molecule is O=C(Nc1ccc(Cl)cc1F)N[C@@H]1CCCN(c2ccc(N3CC[C@@H](F)C3)c(F)c2F)C1=O. The number of halogens is 5. The van der Waals surface area contributed by atoms with Crippen LogP contribution in [0.15, 0.2) is 30.3 Å². The van der Waals surface area contributed by atoms with Crippen molar-refractivity contribution < 1.29 is 27.2 Å². The number of carbonyl (C=O) groups excluding carboxylic acids is 2. The third kappa shape index (κ3) is 4.85. The molecule has 2 aromatic carbocycles. The summed E-state index contributed by atoms with van der Waals surface area (Å²) in [7, 11) is 0. The maximum absolute atomic E-state index is 14.9. The standard InChI is InChI=1S/C22H21ClF4N4O2/c23-12-3-4-15(14(25)10-12)28-22(33)29-16-2-1-8-31(21(16)32)18-6-5-17(19(26)20(18)27)30-9-7-13(24)11-30/h3-6,10,13,16H,1-2,7-9,11H2,(H2,28,29,33)/t13-,16-/m1/s1. The van der Waals surface area contributed by atoms with E-state index in [1.165, 1.54) is 29.2 Å². The monoisotopic (exact) mass is 484 g/mol. The third-order valence-corrected chi connectivity index (χ3v) is 5.96. The zero-order chi connectivity index (χ0) is 23.7. The van der Waals surface area contributed by atoms with Crippen LogP contribution in [0.5, 0.6) is 0 Å². The fourth-order valence-corrected chi connectivity index (χ4v) is 4.23. The van der Waals surface area contributed by atoms with E-state index in [2.05, 4.69) is 10.6 Å². The molecular formula is C22H21ClF4N4O2. The molecule has 33 heavy (non-hydrogen) atoms. The Kier molecular flexibility index (Phi) is 6.64. The van der Waals surface area contributed by atoms with Crippen LogP contribution in [0.2, 0.25) is 5.02 Å². The van der Waals surface area contributed by atoms with Crippen LogP contribution in [0.4, 0.5) is 39.4 Å². The highest BCUT2D eigenvalue weighted by atomic mass is 35.5. The van der Waals surface area contributed by atoms with Gasteiger partial charge in [0.2, 0.25) is 5.91 Å². The first-order chi connectivity index (χ1) is 15.7. The summed E-state index contributed by atoms with van der Waals surface area (Å²) in [4.78, 5) is 27.7. The number of hydrogen-bond donors (Lipinski definition) is 2. The number of nitrogens with one attached hydrogen (secondary N) is 2. The van der Waals surface area contributed by atoms with E-state index in [-0.39, 0.29) is 54.6 Å². The van der Waals surface area contributed by atoms with E-state index >= 15 is 0 Å². The average Bonchev–Trinajstić information content (AvgIpc) is 3.20. The lowest BCUT2D eigenvalue weighted by Crippen LogP contribution is -2.53. The number of piperidine rings is 1. The molecule has 2 fully saturated rings. The quantitative estimate of drug-likeness (QED) is 0.622. The zero-order valence-corrected chi connectivity index (χ0v) is 18.1. The van der Waals surface area contributed by atoms with Crippen molar-refractivity contribution in [3.8, 4) is 0 Å². The van der Waals surface area contributed by atoms with Crippen LogP contribution in [0, 0.1) is 17.5 Å². The predicted octanol–water partition coefficient (Wildman–Crippen LogP) is 4.62. The van der Waals surface area contributed by atoms with Gasteiger partial charge in [0.1, 0.15) is 18.0 Å². The summed E-state index contributed by atoms with van der Waals surface area (Å²) in [5.41, 5.74) is -0.439. The molecule has 0 radical (unpaired) electrons. The van der Waals surface area contributed by atoms with Crippen molar-refractivity contribution in [3.63, 3.8) is 0 Å². The van der Waals surface area contributed by atoms with Crippen LogP contribution in [0.3, 0.4) is 0 Å². The first-order valence-electron chi connectivity index (χ1n) is 10.5. The maximum atomic E-state index is 14.9. The number of hydrogen-bond acceptors (Lipinski definition) is 3. The minimum Gasteiger partial charge on any atom is -0.366 e. The van der Waals surface area contributed by atoms with Crippen molar-refractivity contribution in [2.75, 3.05) is 34.8 Å². The van der Waals surface area contributed by atoms with Crippen molar-refractivity contribution >= 4 is 40.6 Å². The van der Waals surface area contributed by atoms with Crippen molar-refractivity contribution in [2.24, 2.45) is 0 Å². The van der Waals surface area contributed by atoms with Crippen LogP contribution in [-0.4, -0.2) is 43.8 Å². The summed E-state index contributed by atoms with van der Waals surface area (Å²) >= 11 is 5.68. The predicted molar refractivity (Wildman–Crippen MR) is 117 cm³/mol. The van der Waals surface area contributed by atoms with Gasteiger partial charge in [0.15, 0.2) is 11.6 Å². The molecule has 2 aliphatic heterocycles. The molecule has 2 atom stereocenters. The Hall–Kier alpha value is -3.01. The summed E-state index contributed by atoms with van der Waals surface area (Å²) < 4.78 is 57.0. The molecule has 11 heteroatoms. The van der Waals surface area contributed by atoms with Crippen molar-refractivity contribution in [1.29, 1.82) is 0 Å². The van der Waals surface area contributed by atoms with Gasteiger partial charge in [-0.1, -0.05) is 11.6 Å². The second-order valence-corrected chi connectivity index (χ2v) is 8.41. The van der Waals surface area contributed by atoms with Gasteiger partial charge in [0.25, 0.3) is 0 Å². The topological polar surface area (TPSA) is 64.7 Å². The Morgan fingerprint density at radius 3 is 2.45 bits per heavy atom. The molecule has 2 aromatic rings. The number of alkyl halides is 1. The number of nitrogens with zero attached hydrogens (tertiary/aromatic N) is 2. The van der Waals surface area contributed by atoms with Gasteiger partial charge < -0.3 is 20.4 Å². The second-order valence-electron chi connectivity index (χ2n) is 7.97. The number of rotatable bonds is 4. The van der Waals surface area contributed by atoms with E-state index in [1.54, 1.807) is 0 Å². The zero-order valence-electron chi connectivity index (χ0n) is 17.4. The van der Waals surface area contributed by atoms with Crippen LogP contribution in [0.1, 0.15) is 19.3 Å². The van der Waals surface area contributed by atoms with Gasteiger partial charge in [-0.3, -0.25) is 4.79 Å². The second kappa shape index (κ2) is 9.46. The Labute approximate surface area is 192 Å². The molecule has 6 nitrogen and oxygen atoms in total. The Balaban J connectivity index is 1.47. The lowest BCUT2D eigenvalue weighted by atomic mass is 10.0. The van der Waals surface area contributed by atoms with E-state index in [4.69, 9.17) is 11.6 Å². The Bertz CT molecular complexity index is 1090. The molecule has 0 aromatic heterocycles. The Morgan fingerprint density at radius 1 is 1.03 bits per heavy atom. The minimum absolute atomic E-state index is 0.0202. The average molecular weight is 485 g/mol. The molecule has 2 aliphatic rings. The van der Waals surface area contributed by atoms with Crippen LogP contribution < -0.4 is 20.4 Å². The summed E-state index contributed by atoms with van der Waals surface area (Å²) in [5.74, 6) is -3.73. The lowest BCUT2D eigenvalue weighted by molar-refractivity contribution is -0.121. The van der Waals surface area contributed by atoms with Crippen molar-refractivity contribution in [1.82, 2.24) is 5.32 Å². The molecule has 2 N–H and O–H groups in total. The van der Waals surface area contributed by atoms with E-state index in [1.807, 2.05) is 0 Å². The highest BCUT2D eigenvalue weighted by molar-refractivity contribution is 6.30. The van der Waals surface area contributed by atoms with Gasteiger partial charge in [-0.15, -0.1) is 0 Å². The Morgan fingerprint density at radius 2 is 1.76 bits per heavy atom. The van der Waals surface area contributed by atoms with Gasteiger partial charge in [-0.2, -0.15) is 0 Å². The van der Waals surface area contributed by atoms with Gasteiger partial charge >= 0.3 is 6.03 Å². The summed E-state index contributed by atoms with van der Waals surface area (Å²) in [6.45, 7) is 0.388.